The van der Waals surface area contributed by atoms with Crippen molar-refractivity contribution in [3.8, 4) is 0 Å². The molecular formula is C25H35N5O. The summed E-state index contributed by atoms with van der Waals surface area (Å²) in [7, 11) is 6.06. The molecule has 2 atom stereocenters. The van der Waals surface area contributed by atoms with Gasteiger partial charge in [0.25, 0.3) is 0 Å². The molecule has 1 aliphatic carbocycles. The Hall–Kier alpha value is -2.28. The van der Waals surface area contributed by atoms with Gasteiger partial charge < -0.3 is 15.5 Å². The fourth-order valence-electron chi connectivity index (χ4n) is 5.01. The lowest BCUT2D eigenvalue weighted by Crippen LogP contribution is -2.45. The number of carbonyl (C=O) groups excluding carboxylic acids is 1. The number of aromatic nitrogens is 1. The molecule has 1 amide bonds. The smallest absolute Gasteiger partial charge is 0.234 e. The molecule has 1 aromatic carbocycles. The second-order valence-electron chi connectivity index (χ2n) is 9.25. The largest absolute Gasteiger partial charge is 0.351 e. The number of hydrogen-bond donors (Lipinski definition) is 2. The quantitative estimate of drug-likeness (QED) is 0.718. The van der Waals surface area contributed by atoms with Gasteiger partial charge in [-0.15, -0.1) is 0 Å². The topological polar surface area (TPSA) is 60.5 Å². The summed E-state index contributed by atoms with van der Waals surface area (Å²) in [6.45, 7) is 2.88. The molecule has 2 heterocycles. The zero-order valence-electron chi connectivity index (χ0n) is 19.0. The first-order valence-electron chi connectivity index (χ1n) is 11.4. The molecular weight excluding hydrogens is 386 g/mol. The first kappa shape index (κ1) is 21.9. The van der Waals surface area contributed by atoms with Gasteiger partial charge in [0.15, 0.2) is 0 Å². The van der Waals surface area contributed by atoms with Crippen LogP contribution >= 0.6 is 0 Å². The SMILES string of the molecule is CN(C)CC(=O)NCc1cccc2c1C[C@@H](CN(C)[C@H]1CCCc3cccnc31)NC2. The average molecular weight is 422 g/mol. The van der Waals surface area contributed by atoms with Crippen LogP contribution in [0.4, 0.5) is 0 Å². The van der Waals surface area contributed by atoms with Gasteiger partial charge in [0, 0.05) is 31.9 Å². The third kappa shape index (κ3) is 5.32. The molecule has 2 aromatic rings. The highest BCUT2D eigenvalue weighted by atomic mass is 16.2. The van der Waals surface area contributed by atoms with Crippen LogP contribution in [0.2, 0.25) is 0 Å². The number of likely N-dealkylation sites (N-methyl/N-ethyl adjacent to an activating group) is 2. The molecule has 1 aromatic heterocycles. The summed E-state index contributed by atoms with van der Waals surface area (Å²) in [5.41, 5.74) is 6.65. The van der Waals surface area contributed by atoms with Crippen molar-refractivity contribution in [2.24, 2.45) is 0 Å². The molecule has 2 N–H and O–H groups in total. The minimum atomic E-state index is 0.0660. The van der Waals surface area contributed by atoms with Gasteiger partial charge in [-0.3, -0.25) is 14.7 Å². The molecule has 1 aliphatic heterocycles. The second kappa shape index (κ2) is 9.90. The average Bonchev–Trinajstić information content (AvgIpc) is 2.76. The molecule has 0 saturated heterocycles. The minimum Gasteiger partial charge on any atom is -0.351 e. The second-order valence-corrected chi connectivity index (χ2v) is 9.25. The molecule has 4 rings (SSSR count). The van der Waals surface area contributed by atoms with Gasteiger partial charge in [-0.05, 0) is 75.1 Å². The van der Waals surface area contributed by atoms with Crippen molar-refractivity contribution >= 4 is 5.91 Å². The Kier molecular flexibility index (Phi) is 7.00. The van der Waals surface area contributed by atoms with E-state index in [9.17, 15) is 4.79 Å². The van der Waals surface area contributed by atoms with E-state index in [0.29, 0.717) is 25.2 Å². The van der Waals surface area contributed by atoms with Gasteiger partial charge in [-0.1, -0.05) is 24.3 Å². The number of amides is 1. The van der Waals surface area contributed by atoms with E-state index in [-0.39, 0.29) is 5.91 Å². The van der Waals surface area contributed by atoms with Crippen LogP contribution in [-0.4, -0.2) is 61.0 Å². The zero-order valence-corrected chi connectivity index (χ0v) is 19.0. The molecule has 6 heteroatoms. The van der Waals surface area contributed by atoms with Crippen molar-refractivity contribution in [1.82, 2.24) is 25.4 Å². The van der Waals surface area contributed by atoms with Crippen LogP contribution < -0.4 is 10.6 Å². The van der Waals surface area contributed by atoms with Gasteiger partial charge in [0.05, 0.1) is 18.3 Å². The molecule has 2 aliphatic rings. The van der Waals surface area contributed by atoms with E-state index in [0.717, 1.165) is 25.9 Å². The maximum absolute atomic E-state index is 12.1. The summed E-state index contributed by atoms with van der Waals surface area (Å²) in [6, 6.07) is 11.5. The fraction of sp³-hybridized carbons (Fsp3) is 0.520. The van der Waals surface area contributed by atoms with Crippen LogP contribution in [0.3, 0.4) is 0 Å². The predicted molar refractivity (Wildman–Crippen MR) is 124 cm³/mol. The molecule has 0 radical (unpaired) electrons. The Bertz CT molecular complexity index is 913. The van der Waals surface area contributed by atoms with Gasteiger partial charge in [-0.25, -0.2) is 0 Å². The standard InChI is InChI=1S/C25H35N5O/c1-29(2)17-24(31)28-15-20-9-4-8-19-14-27-21(13-22(19)20)16-30(3)23-11-5-7-18-10-6-12-26-25(18)23/h4,6,8-10,12,21,23,27H,5,7,11,13-17H2,1-3H3,(H,28,31)/t21-,23-/m0/s1. The lowest BCUT2D eigenvalue weighted by molar-refractivity contribution is -0.121. The van der Waals surface area contributed by atoms with E-state index < -0.39 is 0 Å². The van der Waals surface area contributed by atoms with Crippen LogP contribution in [0, 0.1) is 0 Å². The van der Waals surface area contributed by atoms with Crippen LogP contribution in [-0.2, 0) is 30.7 Å². The summed E-state index contributed by atoms with van der Waals surface area (Å²) in [5, 5.41) is 6.81. The van der Waals surface area contributed by atoms with E-state index in [4.69, 9.17) is 4.98 Å². The molecule has 0 fully saturated rings. The van der Waals surface area contributed by atoms with Gasteiger partial charge in [0.2, 0.25) is 5.91 Å². The van der Waals surface area contributed by atoms with Gasteiger partial charge >= 0.3 is 0 Å². The zero-order chi connectivity index (χ0) is 21.8. The van der Waals surface area contributed by atoms with E-state index in [1.54, 1.807) is 0 Å². The Balaban J connectivity index is 1.41. The normalized spacial score (nSPS) is 20.4. The molecule has 166 valence electrons. The van der Waals surface area contributed by atoms with Gasteiger partial charge in [0.1, 0.15) is 0 Å². The Morgan fingerprint density at radius 3 is 2.87 bits per heavy atom. The lowest BCUT2D eigenvalue weighted by Gasteiger charge is -2.36. The molecule has 6 nitrogen and oxygen atoms in total. The van der Waals surface area contributed by atoms with E-state index in [1.807, 2.05) is 25.2 Å². The predicted octanol–water partition coefficient (Wildman–Crippen LogP) is 2.28. The first-order valence-corrected chi connectivity index (χ1v) is 11.4. The highest BCUT2D eigenvalue weighted by Gasteiger charge is 2.28. The number of benzene rings is 1. The Morgan fingerprint density at radius 1 is 1.19 bits per heavy atom. The minimum absolute atomic E-state index is 0.0660. The first-order chi connectivity index (χ1) is 15.0. The summed E-state index contributed by atoms with van der Waals surface area (Å²) in [5.74, 6) is 0.0660. The van der Waals surface area contributed by atoms with Crippen molar-refractivity contribution < 1.29 is 4.79 Å². The van der Waals surface area contributed by atoms with Crippen LogP contribution in [0.15, 0.2) is 36.5 Å². The third-order valence-electron chi connectivity index (χ3n) is 6.54. The number of nitrogens with zero attached hydrogens (tertiary/aromatic N) is 3. The summed E-state index contributed by atoms with van der Waals surface area (Å²) < 4.78 is 0. The number of nitrogens with one attached hydrogen (secondary N) is 2. The monoisotopic (exact) mass is 421 g/mol. The van der Waals surface area contributed by atoms with Crippen molar-refractivity contribution in [3.05, 3.63) is 64.5 Å². The number of pyridine rings is 1. The molecule has 31 heavy (non-hydrogen) atoms. The van der Waals surface area contributed by atoms with Crippen LogP contribution in [0.5, 0.6) is 0 Å². The number of hydrogen-bond acceptors (Lipinski definition) is 5. The molecule has 0 unspecified atom stereocenters. The summed E-state index contributed by atoms with van der Waals surface area (Å²) >= 11 is 0. The highest BCUT2D eigenvalue weighted by molar-refractivity contribution is 5.78. The van der Waals surface area contributed by atoms with Crippen molar-refractivity contribution in [2.45, 2.75) is 50.9 Å². The number of fused-ring (bicyclic) bond motifs is 2. The molecule has 0 bridgehead atoms. The number of carbonyl (C=O) groups is 1. The summed E-state index contributed by atoms with van der Waals surface area (Å²) in [4.78, 5) is 21.2. The maximum Gasteiger partial charge on any atom is 0.234 e. The van der Waals surface area contributed by atoms with Crippen molar-refractivity contribution in [1.29, 1.82) is 0 Å². The molecule has 0 spiro atoms. The fourth-order valence-corrected chi connectivity index (χ4v) is 5.01. The van der Waals surface area contributed by atoms with Crippen LogP contribution in [0.25, 0.3) is 0 Å². The lowest BCUT2D eigenvalue weighted by atomic mass is 9.89. The van der Waals surface area contributed by atoms with Gasteiger partial charge in [-0.2, -0.15) is 0 Å². The number of rotatable bonds is 7. The number of aryl methyl sites for hydroxylation is 1. The Labute approximate surface area is 186 Å². The summed E-state index contributed by atoms with van der Waals surface area (Å²) in [6.07, 6.45) is 6.46. The van der Waals surface area contributed by atoms with E-state index in [2.05, 4.69) is 52.9 Å². The van der Waals surface area contributed by atoms with E-state index in [1.165, 1.54) is 40.8 Å². The Morgan fingerprint density at radius 2 is 2.03 bits per heavy atom. The molecule has 0 saturated carbocycles. The van der Waals surface area contributed by atoms with Crippen molar-refractivity contribution in [2.75, 3.05) is 34.2 Å². The third-order valence-corrected chi connectivity index (χ3v) is 6.54. The van der Waals surface area contributed by atoms with Crippen molar-refractivity contribution in [3.63, 3.8) is 0 Å². The van der Waals surface area contributed by atoms with E-state index >= 15 is 0 Å². The van der Waals surface area contributed by atoms with Crippen LogP contribution in [0.1, 0.15) is 46.8 Å². The highest BCUT2D eigenvalue weighted by Crippen LogP contribution is 2.32. The maximum atomic E-state index is 12.1.